The molecule has 0 aliphatic heterocycles. The second-order valence-electron chi connectivity index (χ2n) is 7.01. The van der Waals surface area contributed by atoms with E-state index in [0.29, 0.717) is 36.2 Å². The van der Waals surface area contributed by atoms with Crippen LogP contribution in [0.4, 0.5) is 4.39 Å². The molecular weight excluding hydrogens is 397 g/mol. The number of halogens is 1. The molecule has 0 saturated heterocycles. The van der Waals surface area contributed by atoms with Crippen LogP contribution in [0.5, 0.6) is 23.1 Å². The van der Waals surface area contributed by atoms with Crippen LogP contribution >= 0.6 is 0 Å². The van der Waals surface area contributed by atoms with Gasteiger partial charge in [-0.15, -0.1) is 0 Å². The predicted molar refractivity (Wildman–Crippen MR) is 118 cm³/mol. The Labute approximate surface area is 182 Å². The molecule has 6 heteroatoms. The number of hydrogen-bond acceptors (Lipinski definition) is 5. The van der Waals surface area contributed by atoms with Gasteiger partial charge in [0.05, 0.1) is 19.9 Å². The number of alkyl halides is 1. The average molecular weight is 426 g/mol. The van der Waals surface area contributed by atoms with Crippen molar-refractivity contribution in [1.29, 1.82) is 0 Å². The van der Waals surface area contributed by atoms with Crippen molar-refractivity contribution >= 4 is 0 Å². The van der Waals surface area contributed by atoms with Gasteiger partial charge in [-0.05, 0) is 43.0 Å². The monoisotopic (exact) mass is 425 g/mol. The summed E-state index contributed by atoms with van der Waals surface area (Å²) in [4.78, 5) is 4.66. The number of rotatable bonds is 11. The van der Waals surface area contributed by atoms with E-state index in [1.165, 1.54) is 0 Å². The van der Waals surface area contributed by atoms with Crippen molar-refractivity contribution in [3.8, 4) is 23.1 Å². The Morgan fingerprint density at radius 2 is 1.55 bits per heavy atom. The molecule has 3 rings (SSSR count). The van der Waals surface area contributed by atoms with Gasteiger partial charge in [0.1, 0.15) is 25.6 Å². The highest BCUT2D eigenvalue weighted by Crippen LogP contribution is 2.40. The summed E-state index contributed by atoms with van der Waals surface area (Å²) >= 11 is 0. The normalized spacial score (nSPS) is 10.6. The highest BCUT2D eigenvalue weighted by molar-refractivity contribution is 5.54. The van der Waals surface area contributed by atoms with Crippen molar-refractivity contribution in [3.63, 3.8) is 0 Å². The molecule has 0 bridgehead atoms. The molecule has 31 heavy (non-hydrogen) atoms. The van der Waals surface area contributed by atoms with Crippen LogP contribution < -0.4 is 18.9 Å². The first kappa shape index (κ1) is 22.4. The van der Waals surface area contributed by atoms with Gasteiger partial charge in [-0.25, -0.2) is 9.37 Å². The number of aryl methyl sites for hydroxylation is 2. The molecule has 0 atom stereocenters. The summed E-state index contributed by atoms with van der Waals surface area (Å²) in [5, 5.41) is 0. The average Bonchev–Trinajstić information content (AvgIpc) is 2.82. The fraction of sp³-hybridized carbons (Fsp3) is 0.320. The molecular formula is C25H28FNO4. The summed E-state index contributed by atoms with van der Waals surface area (Å²) in [7, 11) is 3.15. The van der Waals surface area contributed by atoms with E-state index in [-0.39, 0.29) is 6.61 Å². The molecule has 3 aromatic rings. The standard InChI is InChI=1S/C25H28FNO4/c1-18-22(14-11-19-9-12-21(13-10-19)30-16-15-26)27-25(29-3)24(28-2)23(18)31-17-20-7-5-4-6-8-20/h4-10,12-13H,11,14-17H2,1-3H3. The van der Waals surface area contributed by atoms with Crippen molar-refractivity contribution < 1.29 is 23.3 Å². The lowest BCUT2D eigenvalue weighted by atomic mass is 10.0. The Hall–Kier alpha value is -3.28. The molecule has 0 aliphatic carbocycles. The Balaban J connectivity index is 1.78. The first-order valence-corrected chi connectivity index (χ1v) is 10.2. The zero-order valence-corrected chi connectivity index (χ0v) is 18.2. The SMILES string of the molecule is COc1nc(CCc2ccc(OCCF)cc2)c(C)c(OCc2ccccc2)c1OC. The van der Waals surface area contributed by atoms with Gasteiger partial charge < -0.3 is 18.9 Å². The second-order valence-corrected chi connectivity index (χ2v) is 7.01. The molecule has 0 amide bonds. The molecule has 0 radical (unpaired) electrons. The van der Waals surface area contributed by atoms with E-state index in [1.807, 2.05) is 61.5 Å². The molecule has 5 nitrogen and oxygen atoms in total. The van der Waals surface area contributed by atoms with Crippen LogP contribution in [0.25, 0.3) is 0 Å². The van der Waals surface area contributed by atoms with Crippen LogP contribution in [0.1, 0.15) is 22.4 Å². The Kier molecular flexibility index (Phi) is 8.10. The van der Waals surface area contributed by atoms with E-state index in [0.717, 1.165) is 28.8 Å². The van der Waals surface area contributed by atoms with Gasteiger partial charge in [0.2, 0.25) is 5.75 Å². The van der Waals surface area contributed by atoms with Crippen LogP contribution in [0.15, 0.2) is 54.6 Å². The zero-order chi connectivity index (χ0) is 22.1. The summed E-state index contributed by atoms with van der Waals surface area (Å²) in [5.41, 5.74) is 4.02. The van der Waals surface area contributed by atoms with Gasteiger partial charge in [-0.1, -0.05) is 42.5 Å². The number of aromatic nitrogens is 1. The molecule has 0 N–H and O–H groups in total. The maximum atomic E-state index is 12.2. The molecule has 0 unspecified atom stereocenters. The predicted octanol–water partition coefficient (Wildman–Crippen LogP) is 5.12. The van der Waals surface area contributed by atoms with Crippen LogP contribution in [0.3, 0.4) is 0 Å². The second kappa shape index (κ2) is 11.2. The van der Waals surface area contributed by atoms with Crippen LogP contribution in [0, 0.1) is 6.92 Å². The summed E-state index contributed by atoms with van der Waals surface area (Å²) in [6.07, 6.45) is 1.49. The van der Waals surface area contributed by atoms with Gasteiger partial charge in [-0.3, -0.25) is 0 Å². The molecule has 1 aromatic heterocycles. The van der Waals surface area contributed by atoms with Crippen LogP contribution in [-0.4, -0.2) is 32.5 Å². The number of hydrogen-bond donors (Lipinski definition) is 0. The van der Waals surface area contributed by atoms with Gasteiger partial charge in [0.25, 0.3) is 5.88 Å². The molecule has 164 valence electrons. The summed E-state index contributed by atoms with van der Waals surface area (Å²) in [5.74, 6) is 2.21. The third-order valence-electron chi connectivity index (χ3n) is 4.95. The summed E-state index contributed by atoms with van der Waals surface area (Å²) in [6.45, 7) is 1.98. The first-order chi connectivity index (χ1) is 15.2. The highest BCUT2D eigenvalue weighted by atomic mass is 19.1. The topological polar surface area (TPSA) is 49.8 Å². The zero-order valence-electron chi connectivity index (χ0n) is 18.2. The van der Waals surface area contributed by atoms with Crippen LogP contribution in [0.2, 0.25) is 0 Å². The minimum atomic E-state index is -0.499. The lowest BCUT2D eigenvalue weighted by Gasteiger charge is -2.18. The maximum Gasteiger partial charge on any atom is 0.261 e. The highest BCUT2D eigenvalue weighted by Gasteiger charge is 2.20. The van der Waals surface area contributed by atoms with E-state index in [2.05, 4.69) is 4.98 Å². The van der Waals surface area contributed by atoms with Crippen molar-refractivity contribution in [2.24, 2.45) is 0 Å². The Bertz CT molecular complexity index is 962. The number of pyridine rings is 1. The minimum Gasteiger partial charge on any atom is -0.491 e. The smallest absolute Gasteiger partial charge is 0.261 e. The fourth-order valence-corrected chi connectivity index (χ4v) is 3.29. The summed E-state index contributed by atoms with van der Waals surface area (Å²) in [6, 6.07) is 17.6. The molecule has 0 saturated carbocycles. The Morgan fingerprint density at radius 3 is 2.19 bits per heavy atom. The third kappa shape index (κ3) is 5.87. The fourth-order valence-electron chi connectivity index (χ4n) is 3.29. The van der Waals surface area contributed by atoms with E-state index >= 15 is 0 Å². The van der Waals surface area contributed by atoms with Crippen molar-refractivity contribution in [1.82, 2.24) is 4.98 Å². The van der Waals surface area contributed by atoms with E-state index < -0.39 is 6.67 Å². The number of nitrogens with zero attached hydrogens (tertiary/aromatic N) is 1. The van der Waals surface area contributed by atoms with Crippen molar-refractivity contribution in [2.75, 3.05) is 27.5 Å². The minimum absolute atomic E-state index is 0.0693. The van der Waals surface area contributed by atoms with Gasteiger partial charge in [0, 0.05) is 5.56 Å². The molecule has 0 spiro atoms. The van der Waals surface area contributed by atoms with Gasteiger partial charge in [-0.2, -0.15) is 0 Å². The summed E-state index contributed by atoms with van der Waals surface area (Å²) < 4.78 is 34.7. The molecule has 2 aromatic carbocycles. The van der Waals surface area contributed by atoms with E-state index in [9.17, 15) is 4.39 Å². The lowest BCUT2D eigenvalue weighted by Crippen LogP contribution is -2.07. The van der Waals surface area contributed by atoms with E-state index in [4.69, 9.17) is 18.9 Å². The number of ether oxygens (including phenoxy) is 4. The molecule has 0 fully saturated rings. The lowest BCUT2D eigenvalue weighted by molar-refractivity contribution is 0.269. The maximum absolute atomic E-state index is 12.2. The molecule has 0 aliphatic rings. The van der Waals surface area contributed by atoms with Gasteiger partial charge >= 0.3 is 0 Å². The van der Waals surface area contributed by atoms with Crippen molar-refractivity contribution in [3.05, 3.63) is 77.0 Å². The quantitative estimate of drug-likeness (QED) is 0.427. The van der Waals surface area contributed by atoms with E-state index in [1.54, 1.807) is 14.2 Å². The number of benzene rings is 2. The van der Waals surface area contributed by atoms with Crippen molar-refractivity contribution in [2.45, 2.75) is 26.4 Å². The Morgan fingerprint density at radius 1 is 0.806 bits per heavy atom. The van der Waals surface area contributed by atoms with Crippen LogP contribution in [-0.2, 0) is 19.4 Å². The number of methoxy groups -OCH3 is 2. The third-order valence-corrected chi connectivity index (χ3v) is 4.95. The largest absolute Gasteiger partial charge is 0.491 e. The first-order valence-electron chi connectivity index (χ1n) is 10.2. The van der Waals surface area contributed by atoms with Gasteiger partial charge in [0.15, 0.2) is 5.75 Å². The molecule has 1 heterocycles.